The number of aliphatic hydroxyl groups is 1. The lowest BCUT2D eigenvalue weighted by Gasteiger charge is -2.16. The number of rotatable bonds is 6. The van der Waals surface area contributed by atoms with Gasteiger partial charge in [-0.3, -0.25) is 4.68 Å². The molecule has 0 spiro atoms. The van der Waals surface area contributed by atoms with Crippen molar-refractivity contribution in [3.05, 3.63) is 51.2 Å². The van der Waals surface area contributed by atoms with Gasteiger partial charge >= 0.3 is 0 Å². The van der Waals surface area contributed by atoms with Crippen LogP contribution >= 0.6 is 27.5 Å². The van der Waals surface area contributed by atoms with E-state index >= 15 is 0 Å². The highest BCUT2D eigenvalue weighted by Crippen LogP contribution is 2.28. The first kappa shape index (κ1) is 16.5. The van der Waals surface area contributed by atoms with Gasteiger partial charge in [-0.25, -0.2) is 0 Å². The zero-order valence-corrected chi connectivity index (χ0v) is 14.5. The van der Waals surface area contributed by atoms with Crippen LogP contribution in [-0.4, -0.2) is 40.4 Å². The van der Waals surface area contributed by atoms with Gasteiger partial charge in [0.05, 0.1) is 23.5 Å². The molecular weight excluding hydrogens is 354 g/mol. The van der Waals surface area contributed by atoms with Crippen LogP contribution in [0, 0.1) is 0 Å². The van der Waals surface area contributed by atoms with E-state index in [-0.39, 0.29) is 0 Å². The molecule has 2 rings (SSSR count). The number of nitrogens with zero attached hydrogens (tertiary/aromatic N) is 3. The summed E-state index contributed by atoms with van der Waals surface area (Å²) in [5.74, 6) is 0. The van der Waals surface area contributed by atoms with Crippen molar-refractivity contribution in [2.75, 3.05) is 20.6 Å². The number of hydrogen-bond acceptors (Lipinski definition) is 3. The molecule has 1 aromatic carbocycles. The van der Waals surface area contributed by atoms with Gasteiger partial charge < -0.3 is 10.0 Å². The summed E-state index contributed by atoms with van der Waals surface area (Å²) in [6, 6.07) is 7.86. The van der Waals surface area contributed by atoms with Crippen LogP contribution in [0.2, 0.25) is 5.02 Å². The van der Waals surface area contributed by atoms with Gasteiger partial charge in [-0.15, -0.1) is 0 Å². The number of hydrogen-bond donors (Lipinski definition) is 1. The summed E-state index contributed by atoms with van der Waals surface area (Å²) in [4.78, 5) is 2.07. The van der Waals surface area contributed by atoms with Crippen LogP contribution in [0.5, 0.6) is 0 Å². The predicted molar refractivity (Wildman–Crippen MR) is 88.6 cm³/mol. The van der Waals surface area contributed by atoms with E-state index in [0.717, 1.165) is 16.6 Å². The normalized spacial score (nSPS) is 12.9. The van der Waals surface area contributed by atoms with Crippen LogP contribution in [0.4, 0.5) is 0 Å². The maximum atomic E-state index is 10.5. The fraction of sp³-hybridized carbons (Fsp3) is 0.400. The maximum Gasteiger partial charge on any atom is 0.101 e. The van der Waals surface area contributed by atoms with E-state index in [9.17, 15) is 5.11 Å². The minimum Gasteiger partial charge on any atom is -0.386 e. The third kappa shape index (κ3) is 4.30. The van der Waals surface area contributed by atoms with Crippen molar-refractivity contribution < 1.29 is 5.11 Å². The second-order valence-corrected chi connectivity index (χ2v) is 6.48. The van der Waals surface area contributed by atoms with Gasteiger partial charge in [0.2, 0.25) is 0 Å². The first-order valence-corrected chi connectivity index (χ1v) is 7.93. The summed E-state index contributed by atoms with van der Waals surface area (Å²) in [6.07, 6.45) is 1.41. The Morgan fingerprint density at radius 1 is 1.38 bits per heavy atom. The number of halogens is 2. The Kier molecular flexibility index (Phi) is 5.81. The maximum absolute atomic E-state index is 10.5. The van der Waals surface area contributed by atoms with E-state index in [4.69, 9.17) is 11.6 Å². The van der Waals surface area contributed by atoms with Crippen LogP contribution in [0.3, 0.4) is 0 Å². The zero-order chi connectivity index (χ0) is 15.4. The fourth-order valence-electron chi connectivity index (χ4n) is 2.15. The van der Waals surface area contributed by atoms with Crippen molar-refractivity contribution >= 4 is 27.5 Å². The van der Waals surface area contributed by atoms with E-state index in [1.807, 2.05) is 38.4 Å². The van der Waals surface area contributed by atoms with Crippen molar-refractivity contribution in [2.45, 2.75) is 19.1 Å². The summed E-state index contributed by atoms with van der Waals surface area (Å²) in [5.41, 5.74) is 1.72. The van der Waals surface area contributed by atoms with Crippen LogP contribution in [-0.2, 0) is 13.0 Å². The lowest BCUT2D eigenvalue weighted by atomic mass is 10.1. The van der Waals surface area contributed by atoms with Crippen LogP contribution in [0.25, 0.3) is 0 Å². The molecule has 0 saturated heterocycles. The lowest BCUT2D eigenvalue weighted by Crippen LogP contribution is -2.21. The first-order chi connectivity index (χ1) is 9.99. The third-order valence-corrected chi connectivity index (χ3v) is 4.34. The van der Waals surface area contributed by atoms with Gasteiger partial charge in [0.25, 0.3) is 0 Å². The Morgan fingerprint density at radius 2 is 2.10 bits per heavy atom. The van der Waals surface area contributed by atoms with Gasteiger partial charge in [-0.1, -0.05) is 45.7 Å². The largest absolute Gasteiger partial charge is 0.386 e. The Morgan fingerprint density at radius 3 is 2.76 bits per heavy atom. The molecule has 0 amide bonds. The minimum atomic E-state index is -0.680. The average Bonchev–Trinajstić information content (AvgIpc) is 2.80. The standard InChI is InChI=1S/C15H19BrClN3O/c1-19(2)7-8-20-15(13(17)10-18-20)14(21)9-11-5-3-4-6-12(11)16/h3-6,10,14,21H,7-9H2,1-2H3. The highest BCUT2D eigenvalue weighted by atomic mass is 79.9. The number of aliphatic hydroxyl groups excluding tert-OH is 1. The third-order valence-electron chi connectivity index (χ3n) is 3.28. The molecule has 0 radical (unpaired) electrons. The van der Waals surface area contributed by atoms with Crippen molar-refractivity contribution in [1.82, 2.24) is 14.7 Å². The Bertz CT molecular complexity index is 600. The Labute approximate surface area is 138 Å². The van der Waals surface area contributed by atoms with E-state index in [0.29, 0.717) is 23.7 Å². The average molecular weight is 373 g/mol. The molecule has 4 nitrogen and oxygen atoms in total. The van der Waals surface area contributed by atoms with E-state index in [1.54, 1.807) is 10.9 Å². The molecule has 1 atom stereocenters. The van der Waals surface area contributed by atoms with Crippen molar-refractivity contribution in [1.29, 1.82) is 0 Å². The van der Waals surface area contributed by atoms with Crippen molar-refractivity contribution in [3.8, 4) is 0 Å². The summed E-state index contributed by atoms with van der Waals surface area (Å²) >= 11 is 9.69. The summed E-state index contributed by atoms with van der Waals surface area (Å²) in [6.45, 7) is 1.54. The Hall–Kier alpha value is -0.880. The molecule has 1 N–H and O–H groups in total. The molecule has 1 unspecified atom stereocenters. The van der Waals surface area contributed by atoms with Gasteiger partial charge in [-0.05, 0) is 25.7 Å². The second kappa shape index (κ2) is 7.40. The van der Waals surface area contributed by atoms with Crippen molar-refractivity contribution in [2.24, 2.45) is 0 Å². The highest BCUT2D eigenvalue weighted by Gasteiger charge is 2.19. The number of aromatic nitrogens is 2. The molecular formula is C15H19BrClN3O. The molecule has 1 aromatic heterocycles. The number of likely N-dealkylation sites (N-methyl/N-ethyl adjacent to an activating group) is 1. The second-order valence-electron chi connectivity index (χ2n) is 5.22. The zero-order valence-electron chi connectivity index (χ0n) is 12.1. The van der Waals surface area contributed by atoms with Gasteiger partial charge in [0.1, 0.15) is 6.10 Å². The highest BCUT2D eigenvalue weighted by molar-refractivity contribution is 9.10. The SMILES string of the molecule is CN(C)CCn1ncc(Cl)c1C(O)Cc1ccccc1Br. The molecule has 0 fully saturated rings. The molecule has 1 heterocycles. The predicted octanol–water partition coefficient (Wildman–Crippen LogP) is 3.14. The molecule has 0 saturated carbocycles. The minimum absolute atomic E-state index is 0.495. The van der Waals surface area contributed by atoms with Crippen molar-refractivity contribution in [3.63, 3.8) is 0 Å². The summed E-state index contributed by atoms with van der Waals surface area (Å²) in [5, 5.41) is 15.3. The van der Waals surface area contributed by atoms with E-state index in [1.165, 1.54) is 0 Å². The molecule has 21 heavy (non-hydrogen) atoms. The molecule has 6 heteroatoms. The molecule has 2 aromatic rings. The molecule has 0 aliphatic carbocycles. The molecule has 0 aliphatic heterocycles. The molecule has 0 bridgehead atoms. The molecule has 0 aliphatic rings. The van der Waals surface area contributed by atoms with E-state index in [2.05, 4.69) is 25.9 Å². The lowest BCUT2D eigenvalue weighted by molar-refractivity contribution is 0.165. The summed E-state index contributed by atoms with van der Waals surface area (Å²) in [7, 11) is 4.00. The topological polar surface area (TPSA) is 41.3 Å². The molecule has 114 valence electrons. The number of benzene rings is 1. The van der Waals surface area contributed by atoms with Crippen LogP contribution < -0.4 is 0 Å². The monoisotopic (exact) mass is 371 g/mol. The fourth-order valence-corrected chi connectivity index (χ4v) is 2.86. The van der Waals surface area contributed by atoms with Gasteiger partial charge in [0.15, 0.2) is 0 Å². The van der Waals surface area contributed by atoms with Crippen LogP contribution in [0.1, 0.15) is 17.4 Å². The smallest absolute Gasteiger partial charge is 0.101 e. The summed E-state index contributed by atoms with van der Waals surface area (Å²) < 4.78 is 2.77. The van der Waals surface area contributed by atoms with Crippen LogP contribution in [0.15, 0.2) is 34.9 Å². The first-order valence-electron chi connectivity index (χ1n) is 6.76. The van der Waals surface area contributed by atoms with E-state index < -0.39 is 6.10 Å². The quantitative estimate of drug-likeness (QED) is 0.847. The van der Waals surface area contributed by atoms with Gasteiger partial charge in [0, 0.05) is 17.4 Å². The van der Waals surface area contributed by atoms with Gasteiger partial charge in [-0.2, -0.15) is 5.10 Å². The Balaban J connectivity index is 2.17.